The van der Waals surface area contributed by atoms with Crippen LogP contribution in [0.4, 0.5) is 19.1 Å². The number of aliphatic hydroxyl groups is 1. The van der Waals surface area contributed by atoms with Crippen molar-refractivity contribution in [2.75, 3.05) is 11.9 Å². The van der Waals surface area contributed by atoms with Crippen molar-refractivity contribution in [3.63, 3.8) is 0 Å². The molecule has 0 aliphatic carbocycles. The van der Waals surface area contributed by atoms with Crippen LogP contribution in [0, 0.1) is 0 Å². The molecule has 8 heteroatoms. The maximum absolute atomic E-state index is 13.2. The molecule has 0 spiro atoms. The first-order valence-electron chi connectivity index (χ1n) is 5.89. The highest BCUT2D eigenvalue weighted by molar-refractivity contribution is 9.10. The van der Waals surface area contributed by atoms with E-state index in [1.54, 1.807) is 6.07 Å². The molecule has 0 aliphatic heterocycles. The van der Waals surface area contributed by atoms with Gasteiger partial charge in [-0.15, -0.1) is 0 Å². The maximum Gasteiger partial charge on any atom is 0.423 e. The summed E-state index contributed by atoms with van der Waals surface area (Å²) in [5, 5.41) is 12.5. The number of hydrogen-bond donors (Lipinski definition) is 2. The predicted molar refractivity (Wildman–Crippen MR) is 74.6 cm³/mol. The summed E-state index contributed by atoms with van der Waals surface area (Å²) < 4.78 is 40.3. The van der Waals surface area contributed by atoms with Gasteiger partial charge in [-0.2, -0.15) is 13.2 Å². The SMILES string of the molecule is OC(CNc1ncc(Br)cn1)(c1ccccc1)C(F)(F)F. The maximum atomic E-state index is 13.2. The number of alkyl halides is 3. The zero-order valence-electron chi connectivity index (χ0n) is 10.6. The van der Waals surface area contributed by atoms with Gasteiger partial charge < -0.3 is 10.4 Å². The molecule has 0 amide bonds. The van der Waals surface area contributed by atoms with Crippen molar-refractivity contribution in [3.8, 4) is 0 Å². The topological polar surface area (TPSA) is 58.0 Å². The van der Waals surface area contributed by atoms with Crippen LogP contribution in [-0.4, -0.2) is 27.8 Å². The molecule has 0 bridgehead atoms. The Labute approximate surface area is 127 Å². The van der Waals surface area contributed by atoms with E-state index >= 15 is 0 Å². The van der Waals surface area contributed by atoms with Crippen molar-refractivity contribution in [3.05, 3.63) is 52.8 Å². The Balaban J connectivity index is 2.24. The summed E-state index contributed by atoms with van der Waals surface area (Å²) in [6.45, 7) is -0.790. The van der Waals surface area contributed by atoms with E-state index in [1.807, 2.05) is 0 Å². The third-order valence-corrected chi connectivity index (χ3v) is 3.25. The number of benzene rings is 1. The van der Waals surface area contributed by atoms with Gasteiger partial charge in [-0.3, -0.25) is 0 Å². The van der Waals surface area contributed by atoms with Gasteiger partial charge in [-0.05, 0) is 21.5 Å². The molecule has 1 aromatic heterocycles. The van der Waals surface area contributed by atoms with Crippen LogP contribution in [0.25, 0.3) is 0 Å². The van der Waals surface area contributed by atoms with E-state index in [1.165, 1.54) is 36.7 Å². The van der Waals surface area contributed by atoms with Crippen molar-refractivity contribution >= 4 is 21.9 Å². The van der Waals surface area contributed by atoms with Crippen LogP contribution >= 0.6 is 15.9 Å². The third kappa shape index (κ3) is 3.51. The zero-order valence-corrected chi connectivity index (χ0v) is 12.2. The smallest absolute Gasteiger partial charge is 0.375 e. The summed E-state index contributed by atoms with van der Waals surface area (Å²) in [6, 6.07) is 6.88. The highest BCUT2D eigenvalue weighted by Crippen LogP contribution is 2.38. The Morgan fingerprint density at radius 1 is 1.10 bits per heavy atom. The first-order valence-corrected chi connectivity index (χ1v) is 6.68. The molecule has 2 N–H and O–H groups in total. The average Bonchev–Trinajstić information content (AvgIpc) is 2.46. The molecule has 0 saturated heterocycles. The lowest BCUT2D eigenvalue weighted by atomic mass is 9.93. The van der Waals surface area contributed by atoms with E-state index in [2.05, 4.69) is 31.2 Å². The average molecular weight is 362 g/mol. The summed E-state index contributed by atoms with van der Waals surface area (Å²) in [7, 11) is 0. The number of halogens is 4. The molecule has 2 aromatic rings. The lowest BCUT2D eigenvalue weighted by molar-refractivity contribution is -0.260. The predicted octanol–water partition coefficient (Wildman–Crippen LogP) is 3.10. The van der Waals surface area contributed by atoms with Gasteiger partial charge in [0.1, 0.15) is 0 Å². The first kappa shape index (κ1) is 15.7. The Hall–Kier alpha value is -1.67. The van der Waals surface area contributed by atoms with Gasteiger partial charge in [-0.1, -0.05) is 30.3 Å². The van der Waals surface area contributed by atoms with E-state index in [9.17, 15) is 18.3 Å². The van der Waals surface area contributed by atoms with Gasteiger partial charge in [0.15, 0.2) is 0 Å². The van der Waals surface area contributed by atoms with Crippen molar-refractivity contribution in [2.45, 2.75) is 11.8 Å². The summed E-state index contributed by atoms with van der Waals surface area (Å²) >= 11 is 3.12. The van der Waals surface area contributed by atoms with E-state index in [0.29, 0.717) is 4.47 Å². The van der Waals surface area contributed by atoms with Crippen molar-refractivity contribution in [2.24, 2.45) is 0 Å². The van der Waals surface area contributed by atoms with Crippen LogP contribution in [0.5, 0.6) is 0 Å². The van der Waals surface area contributed by atoms with Gasteiger partial charge in [-0.25, -0.2) is 9.97 Å². The molecular weight excluding hydrogens is 351 g/mol. The van der Waals surface area contributed by atoms with Crippen LogP contribution in [0.1, 0.15) is 5.56 Å². The molecule has 1 heterocycles. The summed E-state index contributed by atoms with van der Waals surface area (Å²) in [4.78, 5) is 7.62. The molecular formula is C13H11BrF3N3O. The number of aromatic nitrogens is 2. The minimum atomic E-state index is -4.84. The molecule has 0 saturated carbocycles. The fourth-order valence-corrected chi connectivity index (χ4v) is 1.90. The quantitative estimate of drug-likeness (QED) is 0.878. The highest BCUT2D eigenvalue weighted by atomic mass is 79.9. The van der Waals surface area contributed by atoms with Gasteiger partial charge in [0.25, 0.3) is 0 Å². The molecule has 1 unspecified atom stereocenters. The normalized spacial score (nSPS) is 14.5. The Kier molecular flexibility index (Phi) is 4.48. The Bertz CT molecular complexity index is 592. The van der Waals surface area contributed by atoms with E-state index < -0.39 is 18.3 Å². The second-order valence-electron chi connectivity index (χ2n) is 4.30. The van der Waals surface area contributed by atoms with Gasteiger partial charge in [0.05, 0.1) is 11.0 Å². The van der Waals surface area contributed by atoms with Crippen molar-refractivity contribution in [1.82, 2.24) is 9.97 Å². The van der Waals surface area contributed by atoms with Crippen LogP contribution < -0.4 is 5.32 Å². The second-order valence-corrected chi connectivity index (χ2v) is 5.22. The van der Waals surface area contributed by atoms with Crippen LogP contribution in [-0.2, 0) is 5.60 Å². The molecule has 1 atom stereocenters. The number of hydrogen-bond acceptors (Lipinski definition) is 4. The number of rotatable bonds is 4. The fourth-order valence-electron chi connectivity index (χ4n) is 1.69. The van der Waals surface area contributed by atoms with Crippen LogP contribution in [0.2, 0.25) is 0 Å². The largest absolute Gasteiger partial charge is 0.423 e. The van der Waals surface area contributed by atoms with Gasteiger partial charge in [0, 0.05) is 12.4 Å². The molecule has 0 radical (unpaired) electrons. The van der Waals surface area contributed by atoms with Crippen molar-refractivity contribution < 1.29 is 18.3 Å². The molecule has 112 valence electrons. The Morgan fingerprint density at radius 3 is 2.19 bits per heavy atom. The summed E-state index contributed by atoms with van der Waals surface area (Å²) in [5.74, 6) is -0.00296. The van der Waals surface area contributed by atoms with Crippen LogP contribution in [0.3, 0.4) is 0 Å². The molecule has 21 heavy (non-hydrogen) atoms. The zero-order chi connectivity index (χ0) is 15.5. The fraction of sp³-hybridized carbons (Fsp3) is 0.231. The summed E-state index contributed by atoms with van der Waals surface area (Å²) in [6.07, 6.45) is -2.05. The third-order valence-electron chi connectivity index (χ3n) is 2.84. The van der Waals surface area contributed by atoms with Gasteiger partial charge in [0.2, 0.25) is 11.5 Å². The van der Waals surface area contributed by atoms with Crippen molar-refractivity contribution in [1.29, 1.82) is 0 Å². The minimum Gasteiger partial charge on any atom is -0.375 e. The number of nitrogens with zero attached hydrogens (tertiary/aromatic N) is 2. The second kappa shape index (κ2) is 5.98. The molecule has 0 aliphatic rings. The van der Waals surface area contributed by atoms with E-state index in [4.69, 9.17) is 0 Å². The minimum absolute atomic E-state index is 0.00296. The monoisotopic (exact) mass is 361 g/mol. The number of nitrogens with one attached hydrogen (secondary N) is 1. The standard InChI is InChI=1S/C13H11BrF3N3O/c14-10-6-18-11(19-7-10)20-8-12(21,13(15,16)17)9-4-2-1-3-5-9/h1-7,21H,8H2,(H,18,19,20). The van der Waals surface area contributed by atoms with E-state index in [-0.39, 0.29) is 11.5 Å². The first-order chi connectivity index (χ1) is 9.83. The number of anilines is 1. The Morgan fingerprint density at radius 2 is 1.67 bits per heavy atom. The van der Waals surface area contributed by atoms with Crippen LogP contribution in [0.15, 0.2) is 47.2 Å². The molecule has 1 aromatic carbocycles. The van der Waals surface area contributed by atoms with Gasteiger partial charge >= 0.3 is 6.18 Å². The molecule has 2 rings (SSSR count). The lowest BCUT2D eigenvalue weighted by Crippen LogP contribution is -2.47. The lowest BCUT2D eigenvalue weighted by Gasteiger charge is -2.31. The molecule has 0 fully saturated rings. The summed E-state index contributed by atoms with van der Waals surface area (Å²) in [5.41, 5.74) is -3.27. The molecule has 4 nitrogen and oxygen atoms in total. The highest BCUT2D eigenvalue weighted by Gasteiger charge is 2.54. The van der Waals surface area contributed by atoms with E-state index in [0.717, 1.165) is 0 Å².